The molecule has 6 rings (SSSR count). The number of carbonyl (C=O) groups is 3. The monoisotopic (exact) mass is 462 g/mol. The second-order valence-corrected chi connectivity index (χ2v) is 11.6. The molecular weight excluding hydrogens is 444 g/mol. The average molecular weight is 463 g/mol. The van der Waals surface area contributed by atoms with Crippen molar-refractivity contribution in [2.75, 3.05) is 6.54 Å². The van der Waals surface area contributed by atoms with Gasteiger partial charge in [0, 0.05) is 27.5 Å². The number of carboxylic acid groups (broad SMARTS) is 1. The van der Waals surface area contributed by atoms with Crippen LogP contribution in [0.25, 0.3) is 0 Å². The first-order valence-electron chi connectivity index (χ1n) is 9.95. The number of rotatable bonds is 4. The molecule has 156 valence electrons. The quantitative estimate of drug-likeness (QED) is 0.676. The number of aromatic nitrogens is 1. The van der Waals surface area contributed by atoms with Crippen LogP contribution in [0.15, 0.2) is 27.3 Å². The van der Waals surface area contributed by atoms with Gasteiger partial charge in [0.25, 0.3) is 0 Å². The van der Waals surface area contributed by atoms with Crippen molar-refractivity contribution in [3.05, 3.63) is 36.9 Å². The van der Waals surface area contributed by atoms with Crippen LogP contribution in [0, 0.1) is 29.6 Å². The number of thioether (sulfide) groups is 1. The van der Waals surface area contributed by atoms with Crippen molar-refractivity contribution in [3.63, 3.8) is 0 Å². The summed E-state index contributed by atoms with van der Waals surface area (Å²) in [7, 11) is 0. The lowest BCUT2D eigenvalue weighted by Gasteiger charge is -2.42. The van der Waals surface area contributed by atoms with Crippen LogP contribution >= 0.6 is 34.4 Å². The van der Waals surface area contributed by atoms with Crippen molar-refractivity contribution >= 4 is 52.2 Å². The SMILES string of the molecule is O=C(O)CCN1C(=O)[C@@H]2[C@H]3C[C@@H]([C@@H]2C1=O)[C@@H]1[C@H](c2cccs2)c2sc(=O)[nH]c2S[C@@H]31. The van der Waals surface area contributed by atoms with Gasteiger partial charge in [-0.25, -0.2) is 0 Å². The molecule has 10 heteroatoms. The number of aromatic amines is 1. The van der Waals surface area contributed by atoms with E-state index in [0.29, 0.717) is 0 Å². The van der Waals surface area contributed by atoms with Crippen LogP contribution in [-0.4, -0.2) is 44.6 Å². The van der Waals surface area contributed by atoms with Crippen molar-refractivity contribution in [1.29, 1.82) is 0 Å². The van der Waals surface area contributed by atoms with E-state index in [-0.39, 0.29) is 70.4 Å². The minimum Gasteiger partial charge on any atom is -0.481 e. The van der Waals surface area contributed by atoms with Crippen molar-refractivity contribution in [3.8, 4) is 0 Å². The lowest BCUT2D eigenvalue weighted by molar-refractivity contribution is -0.142. The summed E-state index contributed by atoms with van der Waals surface area (Å²) in [5.74, 6) is -1.65. The number of H-pyrrole nitrogens is 1. The van der Waals surface area contributed by atoms with E-state index in [2.05, 4.69) is 11.1 Å². The lowest BCUT2D eigenvalue weighted by atomic mass is 9.69. The number of fused-ring (bicyclic) bond motifs is 9. The predicted molar refractivity (Wildman–Crippen MR) is 112 cm³/mol. The first-order chi connectivity index (χ1) is 14.5. The molecule has 1 saturated heterocycles. The molecule has 2 aromatic rings. The third kappa shape index (κ3) is 2.44. The van der Waals surface area contributed by atoms with Gasteiger partial charge in [-0.1, -0.05) is 17.4 Å². The number of amides is 2. The smallest absolute Gasteiger partial charge is 0.305 e. The maximum Gasteiger partial charge on any atom is 0.305 e. The minimum atomic E-state index is -1.01. The van der Waals surface area contributed by atoms with Gasteiger partial charge in [-0.15, -0.1) is 23.1 Å². The number of nitrogens with one attached hydrogen (secondary N) is 1. The summed E-state index contributed by atoms with van der Waals surface area (Å²) in [5.41, 5.74) is 0. The van der Waals surface area contributed by atoms with E-state index in [1.54, 1.807) is 23.1 Å². The zero-order chi connectivity index (χ0) is 20.7. The Hall–Kier alpha value is -1.91. The van der Waals surface area contributed by atoms with Gasteiger partial charge in [-0.2, -0.15) is 0 Å². The molecule has 2 bridgehead atoms. The van der Waals surface area contributed by atoms with Crippen LogP contribution in [0.4, 0.5) is 0 Å². The lowest BCUT2D eigenvalue weighted by Crippen LogP contribution is -2.42. The largest absolute Gasteiger partial charge is 0.481 e. The molecule has 2 aliphatic heterocycles. The first-order valence-corrected chi connectivity index (χ1v) is 12.5. The second kappa shape index (κ2) is 6.54. The van der Waals surface area contributed by atoms with E-state index < -0.39 is 5.97 Å². The minimum absolute atomic E-state index is 0.0447. The van der Waals surface area contributed by atoms with Gasteiger partial charge >= 0.3 is 10.8 Å². The van der Waals surface area contributed by atoms with Crippen LogP contribution in [0.5, 0.6) is 0 Å². The van der Waals surface area contributed by atoms with Crippen LogP contribution < -0.4 is 4.87 Å². The number of thiophene rings is 1. The summed E-state index contributed by atoms with van der Waals surface area (Å²) < 4.78 is 0. The highest BCUT2D eigenvalue weighted by atomic mass is 32.2. The fourth-order valence-corrected chi connectivity index (χ4v) is 10.1. The molecule has 0 aromatic carbocycles. The fraction of sp³-hybridized carbons (Fsp3) is 0.500. The second-order valence-electron chi connectivity index (χ2n) is 8.45. The van der Waals surface area contributed by atoms with E-state index in [1.807, 2.05) is 11.4 Å². The average Bonchev–Trinajstić information content (AvgIpc) is 3.48. The van der Waals surface area contributed by atoms with Gasteiger partial charge in [-0.05, 0) is 35.6 Å². The molecule has 7 atom stereocenters. The third-order valence-corrected chi connectivity index (χ3v) is 10.8. The molecule has 4 aliphatic rings. The zero-order valence-corrected chi connectivity index (χ0v) is 18.1. The Morgan fingerprint density at radius 2 is 1.97 bits per heavy atom. The standard InChI is InChI=1S/C20H18N2O5S3/c23-10(24)3-4-22-18(25)12-7-6-8(13(12)19(22)26)15-11(7)14(9-2-1-5-28-9)16-17(29-15)21-20(27)30-16/h1-2,5,7-8,11-15H,3-4,6H2,(H,21,27)(H,23,24)/t7-,8-,11-,12+,13-,14+,15+/m1/s1. The van der Waals surface area contributed by atoms with Gasteiger partial charge in [0.1, 0.15) is 0 Å². The maximum absolute atomic E-state index is 13.2. The van der Waals surface area contributed by atoms with Crippen LogP contribution in [0.1, 0.15) is 28.5 Å². The number of hydrogen-bond acceptors (Lipinski definition) is 7. The van der Waals surface area contributed by atoms with E-state index in [1.165, 1.54) is 21.1 Å². The topological polar surface area (TPSA) is 108 Å². The molecule has 0 spiro atoms. The van der Waals surface area contributed by atoms with E-state index >= 15 is 0 Å². The summed E-state index contributed by atoms with van der Waals surface area (Å²) in [6.45, 7) is -0.0447. The summed E-state index contributed by atoms with van der Waals surface area (Å²) >= 11 is 4.60. The normalized spacial score (nSPS) is 36.1. The molecule has 2 saturated carbocycles. The molecule has 2 N–H and O–H groups in total. The van der Waals surface area contributed by atoms with Gasteiger partial charge < -0.3 is 10.1 Å². The molecule has 0 unspecified atom stereocenters. The van der Waals surface area contributed by atoms with Crippen molar-refractivity contribution in [1.82, 2.24) is 9.88 Å². The van der Waals surface area contributed by atoms with Gasteiger partial charge in [0.2, 0.25) is 11.8 Å². The Bertz CT molecular complexity index is 1120. The molecule has 2 aromatic heterocycles. The zero-order valence-electron chi connectivity index (χ0n) is 15.6. The Morgan fingerprint density at radius 1 is 1.20 bits per heavy atom. The molecule has 2 aliphatic carbocycles. The van der Waals surface area contributed by atoms with Crippen LogP contribution in [-0.2, 0) is 14.4 Å². The van der Waals surface area contributed by atoms with E-state index in [9.17, 15) is 19.2 Å². The van der Waals surface area contributed by atoms with E-state index in [0.717, 1.165) is 16.3 Å². The van der Waals surface area contributed by atoms with Gasteiger partial charge in [-0.3, -0.25) is 24.1 Å². The number of carbonyl (C=O) groups excluding carboxylic acids is 2. The molecule has 3 fully saturated rings. The number of aliphatic carboxylic acids is 1. The predicted octanol–water partition coefficient (Wildman–Crippen LogP) is 2.45. The highest BCUT2D eigenvalue weighted by Gasteiger charge is 2.69. The molecule has 4 heterocycles. The summed E-state index contributed by atoms with van der Waals surface area (Å²) in [4.78, 5) is 55.7. The Kier molecular flexibility index (Phi) is 4.11. The fourth-order valence-electron chi connectivity index (χ4n) is 6.29. The summed E-state index contributed by atoms with van der Waals surface area (Å²) in [6, 6.07) is 4.11. The van der Waals surface area contributed by atoms with Crippen molar-refractivity contribution in [2.24, 2.45) is 29.6 Å². The van der Waals surface area contributed by atoms with Crippen LogP contribution in [0.3, 0.4) is 0 Å². The maximum atomic E-state index is 13.2. The molecule has 0 radical (unpaired) electrons. The third-order valence-electron chi connectivity index (χ3n) is 7.21. The number of imide groups is 1. The number of carboxylic acids is 1. The first kappa shape index (κ1) is 18.8. The molecule has 30 heavy (non-hydrogen) atoms. The van der Waals surface area contributed by atoms with E-state index in [4.69, 9.17) is 5.11 Å². The number of nitrogens with zero attached hydrogens (tertiary/aromatic N) is 1. The van der Waals surface area contributed by atoms with Gasteiger partial charge in [0.15, 0.2) is 0 Å². The highest BCUT2D eigenvalue weighted by molar-refractivity contribution is 8.00. The molecular formula is C20H18N2O5S3. The molecule has 7 nitrogen and oxygen atoms in total. The Morgan fingerprint density at radius 3 is 2.67 bits per heavy atom. The van der Waals surface area contributed by atoms with Crippen molar-refractivity contribution < 1.29 is 19.5 Å². The number of hydrogen-bond donors (Lipinski definition) is 2. The van der Waals surface area contributed by atoms with Crippen LogP contribution in [0.2, 0.25) is 0 Å². The van der Waals surface area contributed by atoms with Gasteiger partial charge in [0.05, 0.1) is 23.3 Å². The Labute approximate surface area is 183 Å². The number of likely N-dealkylation sites (tertiary alicyclic amines) is 1. The summed E-state index contributed by atoms with van der Waals surface area (Å²) in [5, 5.41) is 12.1. The highest BCUT2D eigenvalue weighted by Crippen LogP contribution is 2.68. The number of thiazole rings is 1. The Balaban J connectivity index is 1.40. The van der Waals surface area contributed by atoms with Crippen molar-refractivity contribution in [2.45, 2.75) is 29.0 Å². The molecule has 2 amide bonds. The summed E-state index contributed by atoms with van der Waals surface area (Å²) in [6.07, 6.45) is 0.632.